The van der Waals surface area contributed by atoms with Crippen molar-refractivity contribution in [3.8, 4) is 0 Å². The molecule has 168 valence electrons. The molecular weight excluding hydrogens is 407 g/mol. The summed E-state index contributed by atoms with van der Waals surface area (Å²) in [6, 6.07) is 14.8. The first-order valence-corrected chi connectivity index (χ1v) is 11.7. The van der Waals surface area contributed by atoms with E-state index in [-0.39, 0.29) is 30.2 Å². The van der Waals surface area contributed by atoms with Gasteiger partial charge in [0, 0.05) is 35.8 Å². The molecule has 0 saturated heterocycles. The van der Waals surface area contributed by atoms with E-state index in [0.29, 0.717) is 23.9 Å². The number of hydrogen-bond acceptors (Lipinski definition) is 3. The van der Waals surface area contributed by atoms with Crippen molar-refractivity contribution in [1.82, 2.24) is 4.90 Å². The number of halogens is 1. The average Bonchev–Trinajstić information content (AvgIpc) is 3.52. The molecule has 3 aliphatic rings. The van der Waals surface area contributed by atoms with E-state index in [2.05, 4.69) is 11.0 Å². The quantitative estimate of drug-likeness (QED) is 0.662. The van der Waals surface area contributed by atoms with Crippen LogP contribution < -0.4 is 4.90 Å². The van der Waals surface area contributed by atoms with Crippen molar-refractivity contribution in [3.63, 3.8) is 0 Å². The molecule has 0 aromatic heterocycles. The van der Waals surface area contributed by atoms with Gasteiger partial charge in [-0.25, -0.2) is 4.39 Å². The van der Waals surface area contributed by atoms with Crippen molar-refractivity contribution in [3.05, 3.63) is 65.5 Å². The van der Waals surface area contributed by atoms with Gasteiger partial charge in [0.05, 0.1) is 0 Å². The normalized spacial score (nSPS) is 24.3. The predicted octanol–water partition coefficient (Wildman–Crippen LogP) is 5.03. The number of rotatable bonds is 7. The van der Waals surface area contributed by atoms with Crippen LogP contribution in [0.25, 0.3) is 0 Å². The van der Waals surface area contributed by atoms with Crippen LogP contribution in [0.1, 0.15) is 66.9 Å². The van der Waals surface area contributed by atoms with E-state index in [0.717, 1.165) is 49.9 Å². The van der Waals surface area contributed by atoms with Crippen LogP contribution in [0.15, 0.2) is 48.5 Å². The number of amides is 1. The first kappa shape index (κ1) is 21.1. The third-order valence-corrected chi connectivity index (χ3v) is 7.27. The van der Waals surface area contributed by atoms with Crippen LogP contribution in [0.3, 0.4) is 0 Å². The lowest BCUT2D eigenvalue weighted by Crippen LogP contribution is -2.52. The molecule has 2 aliphatic carbocycles. The second-order valence-corrected chi connectivity index (χ2v) is 9.31. The number of aliphatic carboxylic acids is 1. The molecule has 5 nitrogen and oxygen atoms in total. The number of carboxylic acid groups (broad SMARTS) is 1. The molecular formula is C26H29FN2O3. The molecule has 32 heavy (non-hydrogen) atoms. The van der Waals surface area contributed by atoms with Crippen LogP contribution in [-0.2, 0) is 4.79 Å². The van der Waals surface area contributed by atoms with Crippen molar-refractivity contribution in [2.45, 2.75) is 63.1 Å². The van der Waals surface area contributed by atoms with Gasteiger partial charge in [0.25, 0.3) is 5.91 Å². The first-order chi connectivity index (χ1) is 15.5. The monoisotopic (exact) mass is 436 g/mol. The van der Waals surface area contributed by atoms with E-state index < -0.39 is 5.97 Å². The van der Waals surface area contributed by atoms with Crippen LogP contribution in [0, 0.1) is 11.7 Å². The third kappa shape index (κ3) is 3.92. The number of fused-ring (bicyclic) bond motifs is 2. The standard InChI is InChI=1S/C26H29FN2O3/c27-18-12-10-17(11-13-18)26(32)29-22-7-2-1-5-20(22)25(21-6-3-8-23(21)29)28(19-14-15-19)16-4-9-24(30)31/h1-2,5,7,10-13,19,21,23,25H,3-4,6,8-9,14-16H2,(H,30,31). The van der Waals surface area contributed by atoms with Gasteiger partial charge >= 0.3 is 5.97 Å². The molecule has 1 amide bonds. The SMILES string of the molecule is O=C(O)CCCN(C1CC1)C1c2ccccc2N(C(=O)c2ccc(F)cc2)C2CCCC21. The molecule has 2 saturated carbocycles. The molecule has 0 radical (unpaired) electrons. The van der Waals surface area contributed by atoms with Crippen molar-refractivity contribution in [2.75, 3.05) is 11.4 Å². The van der Waals surface area contributed by atoms with Crippen LogP contribution in [0.5, 0.6) is 0 Å². The first-order valence-electron chi connectivity index (χ1n) is 11.7. The molecule has 3 atom stereocenters. The number of anilines is 1. The van der Waals surface area contributed by atoms with Gasteiger partial charge in [0.15, 0.2) is 0 Å². The minimum absolute atomic E-state index is 0.0725. The highest BCUT2D eigenvalue weighted by Crippen LogP contribution is 2.52. The average molecular weight is 437 g/mol. The maximum atomic E-state index is 13.6. The highest BCUT2D eigenvalue weighted by Gasteiger charge is 2.49. The Morgan fingerprint density at radius 2 is 1.78 bits per heavy atom. The van der Waals surface area contributed by atoms with E-state index in [9.17, 15) is 14.0 Å². The Kier molecular flexibility index (Phi) is 5.72. The van der Waals surface area contributed by atoms with Crippen molar-refractivity contribution >= 4 is 17.6 Å². The van der Waals surface area contributed by atoms with Crippen molar-refractivity contribution in [2.24, 2.45) is 5.92 Å². The Bertz CT molecular complexity index is 1000. The molecule has 3 unspecified atom stereocenters. The summed E-state index contributed by atoms with van der Waals surface area (Å²) >= 11 is 0. The zero-order valence-electron chi connectivity index (χ0n) is 18.1. The maximum absolute atomic E-state index is 13.6. The van der Waals surface area contributed by atoms with E-state index in [1.807, 2.05) is 23.1 Å². The number of nitrogens with zero attached hydrogens (tertiary/aromatic N) is 2. The summed E-state index contributed by atoms with van der Waals surface area (Å²) in [6.45, 7) is 0.769. The predicted molar refractivity (Wildman–Crippen MR) is 120 cm³/mol. The summed E-state index contributed by atoms with van der Waals surface area (Å²) in [4.78, 5) is 29.2. The number of carboxylic acids is 1. The summed E-state index contributed by atoms with van der Waals surface area (Å²) in [5.74, 6) is -0.850. The summed E-state index contributed by atoms with van der Waals surface area (Å²) < 4.78 is 13.5. The highest BCUT2D eigenvalue weighted by atomic mass is 19.1. The fourth-order valence-electron chi connectivity index (χ4n) is 5.81. The molecule has 2 aromatic carbocycles. The molecule has 0 spiro atoms. The molecule has 1 aliphatic heterocycles. The zero-order valence-corrected chi connectivity index (χ0v) is 18.1. The van der Waals surface area contributed by atoms with Crippen LogP contribution in [-0.4, -0.2) is 40.5 Å². The Balaban J connectivity index is 1.52. The fraction of sp³-hybridized carbons (Fsp3) is 0.462. The fourth-order valence-corrected chi connectivity index (χ4v) is 5.81. The molecule has 2 fully saturated rings. The minimum atomic E-state index is -0.750. The van der Waals surface area contributed by atoms with Gasteiger partial charge in [-0.1, -0.05) is 24.6 Å². The second kappa shape index (κ2) is 8.66. The molecule has 0 bridgehead atoms. The number of carbonyl (C=O) groups is 2. The van der Waals surface area contributed by atoms with Gasteiger partial charge in [-0.3, -0.25) is 14.5 Å². The molecule has 1 N–H and O–H groups in total. The lowest BCUT2D eigenvalue weighted by atomic mass is 9.81. The summed E-state index contributed by atoms with van der Waals surface area (Å²) in [5, 5.41) is 9.13. The van der Waals surface area contributed by atoms with Gasteiger partial charge < -0.3 is 10.0 Å². The number of para-hydroxylation sites is 1. The summed E-state index contributed by atoms with van der Waals surface area (Å²) in [6.07, 6.45) is 6.21. The molecule has 6 heteroatoms. The zero-order chi connectivity index (χ0) is 22.2. The van der Waals surface area contributed by atoms with Gasteiger partial charge in [0.2, 0.25) is 0 Å². The topological polar surface area (TPSA) is 60.9 Å². The summed E-state index contributed by atoms with van der Waals surface area (Å²) in [7, 11) is 0. The van der Waals surface area contributed by atoms with Crippen LogP contribution in [0.2, 0.25) is 0 Å². The van der Waals surface area contributed by atoms with Crippen molar-refractivity contribution < 1.29 is 19.1 Å². The van der Waals surface area contributed by atoms with Crippen LogP contribution >= 0.6 is 0 Å². The lowest BCUT2D eigenvalue weighted by Gasteiger charge is -2.48. The molecule has 1 heterocycles. The Morgan fingerprint density at radius 3 is 2.50 bits per heavy atom. The number of benzene rings is 2. The van der Waals surface area contributed by atoms with Crippen molar-refractivity contribution in [1.29, 1.82) is 0 Å². The minimum Gasteiger partial charge on any atom is -0.481 e. The maximum Gasteiger partial charge on any atom is 0.303 e. The third-order valence-electron chi connectivity index (χ3n) is 7.27. The highest BCUT2D eigenvalue weighted by molar-refractivity contribution is 6.07. The van der Waals surface area contributed by atoms with E-state index in [4.69, 9.17) is 5.11 Å². The second-order valence-electron chi connectivity index (χ2n) is 9.31. The number of hydrogen-bond donors (Lipinski definition) is 1. The van der Waals surface area contributed by atoms with E-state index in [1.165, 1.54) is 12.1 Å². The van der Waals surface area contributed by atoms with Gasteiger partial charge in [-0.15, -0.1) is 0 Å². The molecule has 5 rings (SSSR count). The largest absolute Gasteiger partial charge is 0.481 e. The van der Waals surface area contributed by atoms with Gasteiger partial charge in [-0.2, -0.15) is 0 Å². The van der Waals surface area contributed by atoms with E-state index in [1.54, 1.807) is 12.1 Å². The Morgan fingerprint density at radius 1 is 1.03 bits per heavy atom. The summed E-state index contributed by atoms with van der Waals surface area (Å²) in [5.41, 5.74) is 2.61. The number of carbonyl (C=O) groups excluding carboxylic acids is 1. The smallest absolute Gasteiger partial charge is 0.303 e. The van der Waals surface area contributed by atoms with Crippen LogP contribution in [0.4, 0.5) is 10.1 Å². The van der Waals surface area contributed by atoms with Gasteiger partial charge in [0.1, 0.15) is 5.82 Å². The lowest BCUT2D eigenvalue weighted by molar-refractivity contribution is -0.137. The Labute approximate surface area is 187 Å². The van der Waals surface area contributed by atoms with E-state index >= 15 is 0 Å². The molecule has 2 aromatic rings. The Hall–Kier alpha value is -2.73. The van der Waals surface area contributed by atoms with Gasteiger partial charge in [-0.05, 0) is 80.5 Å².